The molecule has 2 nitrogen and oxygen atoms in total. The molecule has 28 heavy (non-hydrogen) atoms. The summed E-state index contributed by atoms with van der Waals surface area (Å²) in [5, 5.41) is 3.20. The zero-order chi connectivity index (χ0) is 20.0. The topological polar surface area (TPSA) is 29.1 Å². The predicted octanol–water partition coefficient (Wildman–Crippen LogP) is 5.97. The Balaban J connectivity index is 1.72. The van der Waals surface area contributed by atoms with Gasteiger partial charge in [-0.2, -0.15) is 0 Å². The van der Waals surface area contributed by atoms with Gasteiger partial charge in [0, 0.05) is 11.0 Å². The van der Waals surface area contributed by atoms with E-state index < -0.39 is 0 Å². The second-order valence-electron chi connectivity index (χ2n) is 7.94. The van der Waals surface area contributed by atoms with Crippen molar-refractivity contribution in [3.63, 3.8) is 0 Å². The van der Waals surface area contributed by atoms with Crippen molar-refractivity contribution in [1.82, 2.24) is 5.32 Å². The Hall–Kier alpha value is -2.39. The third kappa shape index (κ3) is 5.56. The van der Waals surface area contributed by atoms with Gasteiger partial charge in [0.1, 0.15) is 0 Å². The Kier molecular flexibility index (Phi) is 6.69. The third-order valence-electron chi connectivity index (χ3n) is 4.87. The van der Waals surface area contributed by atoms with Crippen LogP contribution in [0.3, 0.4) is 0 Å². The van der Waals surface area contributed by atoms with E-state index in [2.05, 4.69) is 59.4 Å². The Morgan fingerprint density at radius 3 is 1.86 bits per heavy atom. The zero-order valence-corrected chi connectivity index (χ0v) is 17.9. The highest BCUT2D eigenvalue weighted by molar-refractivity contribution is 9.10. The van der Waals surface area contributed by atoms with Gasteiger partial charge in [0.15, 0.2) is 0 Å². The van der Waals surface area contributed by atoms with E-state index in [4.69, 9.17) is 0 Å². The van der Waals surface area contributed by atoms with Crippen molar-refractivity contribution in [2.24, 2.45) is 5.41 Å². The summed E-state index contributed by atoms with van der Waals surface area (Å²) < 4.78 is 1.08. The average molecular weight is 436 g/mol. The molecule has 144 valence electrons. The minimum atomic E-state index is -0.300. The van der Waals surface area contributed by atoms with Crippen LogP contribution in [-0.4, -0.2) is 12.5 Å². The first-order valence-electron chi connectivity index (χ1n) is 9.57. The largest absolute Gasteiger partial charge is 0.355 e. The molecule has 0 spiro atoms. The molecule has 1 amide bonds. The number of carbonyl (C=O) groups excluding carboxylic acids is 1. The third-order valence-corrected chi connectivity index (χ3v) is 5.39. The zero-order valence-electron chi connectivity index (χ0n) is 16.4. The second kappa shape index (κ2) is 9.20. The molecular formula is C25H26BrNO. The fourth-order valence-electron chi connectivity index (χ4n) is 3.43. The summed E-state index contributed by atoms with van der Waals surface area (Å²) in [6.07, 6.45) is 0.905. The summed E-state index contributed by atoms with van der Waals surface area (Å²) in [7, 11) is 0. The first kappa shape index (κ1) is 20.3. The van der Waals surface area contributed by atoms with Gasteiger partial charge in [-0.3, -0.25) is 4.79 Å². The number of hydrogen-bond acceptors (Lipinski definition) is 1. The normalized spacial score (nSPS) is 11.4. The van der Waals surface area contributed by atoms with Gasteiger partial charge in [-0.05, 0) is 40.7 Å². The van der Waals surface area contributed by atoms with E-state index in [0.29, 0.717) is 6.54 Å². The van der Waals surface area contributed by atoms with Gasteiger partial charge in [-0.15, -0.1) is 0 Å². The summed E-state index contributed by atoms with van der Waals surface area (Å²) in [5.41, 5.74) is 3.25. The van der Waals surface area contributed by atoms with Gasteiger partial charge in [0.25, 0.3) is 0 Å². The summed E-state index contributed by atoms with van der Waals surface area (Å²) in [6.45, 7) is 5.00. The molecule has 0 atom stereocenters. The number of carbonyl (C=O) groups is 1. The highest BCUT2D eigenvalue weighted by atomic mass is 79.9. The first-order chi connectivity index (χ1) is 13.4. The lowest BCUT2D eigenvalue weighted by Crippen LogP contribution is -2.38. The summed E-state index contributed by atoms with van der Waals surface area (Å²) in [6, 6.07) is 28.3. The smallest absolute Gasteiger partial charge is 0.232 e. The van der Waals surface area contributed by atoms with Crippen LogP contribution in [0.15, 0.2) is 89.4 Å². The minimum absolute atomic E-state index is 0.0403. The Morgan fingerprint density at radius 2 is 1.36 bits per heavy atom. The quantitative estimate of drug-likeness (QED) is 0.486. The van der Waals surface area contributed by atoms with Gasteiger partial charge in [-0.1, -0.05) is 103 Å². The highest BCUT2D eigenvalue weighted by Gasteiger charge is 2.25. The molecule has 0 aliphatic rings. The number of amides is 1. The molecule has 3 aromatic rings. The fourth-order valence-corrected chi connectivity index (χ4v) is 3.70. The van der Waals surface area contributed by atoms with E-state index in [0.717, 1.165) is 22.0 Å². The molecule has 0 aromatic heterocycles. The molecule has 0 saturated heterocycles. The molecule has 0 fully saturated rings. The van der Waals surface area contributed by atoms with Crippen molar-refractivity contribution in [3.8, 4) is 0 Å². The van der Waals surface area contributed by atoms with E-state index in [1.165, 1.54) is 5.56 Å². The molecular weight excluding hydrogens is 410 g/mol. The highest BCUT2D eigenvalue weighted by Crippen LogP contribution is 2.26. The molecule has 3 heteroatoms. The molecule has 0 bridgehead atoms. The second-order valence-corrected chi connectivity index (χ2v) is 8.86. The number of rotatable bonds is 7. The number of halogens is 1. The van der Waals surface area contributed by atoms with Crippen LogP contribution in [0.1, 0.15) is 36.5 Å². The lowest BCUT2D eigenvalue weighted by molar-refractivity contribution is -0.122. The maximum absolute atomic E-state index is 13.2. The summed E-state index contributed by atoms with van der Waals surface area (Å²) in [5.74, 6) is -0.257. The van der Waals surface area contributed by atoms with Crippen LogP contribution in [0.4, 0.5) is 0 Å². The Labute approximate surface area is 176 Å². The van der Waals surface area contributed by atoms with Crippen LogP contribution in [0.25, 0.3) is 0 Å². The molecule has 0 saturated carbocycles. The van der Waals surface area contributed by atoms with Crippen molar-refractivity contribution in [1.29, 1.82) is 0 Å². The van der Waals surface area contributed by atoms with Crippen molar-refractivity contribution in [2.45, 2.75) is 26.2 Å². The number of nitrogens with one attached hydrogen (secondary N) is 1. The molecule has 0 radical (unpaired) electrons. The molecule has 0 heterocycles. The van der Waals surface area contributed by atoms with Crippen LogP contribution in [0, 0.1) is 5.41 Å². The first-order valence-corrected chi connectivity index (χ1v) is 10.4. The Morgan fingerprint density at radius 1 is 0.857 bits per heavy atom. The molecule has 3 aromatic carbocycles. The van der Waals surface area contributed by atoms with Crippen LogP contribution in [0.5, 0.6) is 0 Å². The maximum atomic E-state index is 13.2. The predicted molar refractivity (Wildman–Crippen MR) is 119 cm³/mol. The van der Waals surface area contributed by atoms with Crippen LogP contribution in [-0.2, 0) is 11.2 Å². The van der Waals surface area contributed by atoms with Gasteiger partial charge in [-0.25, -0.2) is 0 Å². The van der Waals surface area contributed by atoms with E-state index in [1.807, 2.05) is 60.7 Å². The minimum Gasteiger partial charge on any atom is -0.355 e. The lowest BCUT2D eigenvalue weighted by Gasteiger charge is -2.27. The monoisotopic (exact) mass is 435 g/mol. The average Bonchev–Trinajstić information content (AvgIpc) is 2.70. The van der Waals surface area contributed by atoms with E-state index in [1.54, 1.807) is 0 Å². The maximum Gasteiger partial charge on any atom is 0.232 e. The van der Waals surface area contributed by atoms with Crippen molar-refractivity contribution in [2.75, 3.05) is 6.54 Å². The molecule has 0 aliphatic heterocycles. The number of benzene rings is 3. The van der Waals surface area contributed by atoms with Crippen molar-refractivity contribution >= 4 is 21.8 Å². The van der Waals surface area contributed by atoms with Crippen LogP contribution >= 0.6 is 15.9 Å². The van der Waals surface area contributed by atoms with Gasteiger partial charge < -0.3 is 5.32 Å². The van der Waals surface area contributed by atoms with Crippen LogP contribution < -0.4 is 5.32 Å². The molecule has 1 N–H and O–H groups in total. The van der Waals surface area contributed by atoms with E-state index in [-0.39, 0.29) is 17.2 Å². The van der Waals surface area contributed by atoms with E-state index >= 15 is 0 Å². The molecule has 3 rings (SSSR count). The van der Waals surface area contributed by atoms with Gasteiger partial charge in [0.05, 0.1) is 5.92 Å². The summed E-state index contributed by atoms with van der Waals surface area (Å²) in [4.78, 5) is 13.2. The van der Waals surface area contributed by atoms with Crippen LogP contribution in [0.2, 0.25) is 0 Å². The molecule has 0 aliphatic carbocycles. The SMILES string of the molecule is CC(C)(CNC(=O)C(c1ccccc1)c1ccccc1)Cc1ccc(Br)cc1. The van der Waals surface area contributed by atoms with Gasteiger partial charge in [0.2, 0.25) is 5.91 Å². The van der Waals surface area contributed by atoms with Crippen molar-refractivity contribution < 1.29 is 4.79 Å². The van der Waals surface area contributed by atoms with Crippen molar-refractivity contribution in [3.05, 3.63) is 106 Å². The molecule has 0 unspecified atom stereocenters. The van der Waals surface area contributed by atoms with Gasteiger partial charge >= 0.3 is 0 Å². The number of hydrogen-bond donors (Lipinski definition) is 1. The fraction of sp³-hybridized carbons (Fsp3) is 0.240. The summed E-state index contributed by atoms with van der Waals surface area (Å²) >= 11 is 3.48. The van der Waals surface area contributed by atoms with E-state index in [9.17, 15) is 4.79 Å². The standard InChI is InChI=1S/C25H26BrNO/c1-25(2,17-19-13-15-22(26)16-14-19)18-27-24(28)23(20-9-5-3-6-10-20)21-11-7-4-8-12-21/h3-16,23H,17-18H2,1-2H3,(H,27,28). The Bertz CT molecular complexity index is 849. The lowest BCUT2D eigenvalue weighted by atomic mass is 9.85.